The molecule has 0 spiro atoms. The van der Waals surface area contributed by atoms with E-state index in [1.807, 2.05) is 0 Å². The molecule has 0 bridgehead atoms. The Morgan fingerprint density at radius 2 is 1.85 bits per heavy atom. The smallest absolute Gasteiger partial charge is 0.265 e. The largest absolute Gasteiger partial charge is 0.495 e. The van der Waals surface area contributed by atoms with Crippen LogP contribution in [0.1, 0.15) is 30.1 Å². The number of methoxy groups -OCH3 is 1. The molecule has 0 aromatic heterocycles. The van der Waals surface area contributed by atoms with E-state index in [4.69, 9.17) is 4.74 Å². The summed E-state index contributed by atoms with van der Waals surface area (Å²) in [5, 5.41) is 0. The summed E-state index contributed by atoms with van der Waals surface area (Å²) in [6, 6.07) is 10.8. The molecule has 3 rings (SSSR count). The zero-order valence-corrected chi connectivity index (χ0v) is 15.9. The average Bonchev–Trinajstić information content (AvgIpc) is 3.07. The normalized spacial score (nSPS) is 14.3. The lowest BCUT2D eigenvalue weighted by atomic mass is 10.1. The Kier molecular flexibility index (Phi) is 5.18. The molecule has 1 saturated heterocycles. The molecule has 1 aliphatic heterocycles. The number of rotatable bonds is 6. The molecule has 0 aliphatic carbocycles. The second kappa shape index (κ2) is 7.40. The topological polar surface area (TPSA) is 92.8 Å². The molecular weight excluding hydrogens is 368 g/mol. The van der Waals surface area contributed by atoms with Crippen LogP contribution in [0.3, 0.4) is 0 Å². The minimum atomic E-state index is -3.96. The number of hydrogen-bond acceptors (Lipinski definition) is 5. The third kappa shape index (κ3) is 3.95. The quantitative estimate of drug-likeness (QED) is 0.768. The summed E-state index contributed by atoms with van der Waals surface area (Å²) < 4.78 is 33.5. The molecule has 27 heavy (non-hydrogen) atoms. The number of carbonyl (C=O) groups is 2. The molecule has 142 valence electrons. The fraction of sp³-hybridized carbons (Fsp3) is 0.263. The Balaban J connectivity index is 1.94. The van der Waals surface area contributed by atoms with Crippen LogP contribution in [-0.4, -0.2) is 33.8 Å². The second-order valence-electron chi connectivity index (χ2n) is 6.22. The summed E-state index contributed by atoms with van der Waals surface area (Å²) in [6.45, 7) is 2.00. The van der Waals surface area contributed by atoms with Gasteiger partial charge in [0.2, 0.25) is 5.91 Å². The van der Waals surface area contributed by atoms with Crippen LogP contribution >= 0.6 is 0 Å². The zero-order chi connectivity index (χ0) is 19.6. The van der Waals surface area contributed by atoms with Gasteiger partial charge in [-0.3, -0.25) is 14.3 Å². The third-order valence-electron chi connectivity index (χ3n) is 4.37. The molecule has 1 N–H and O–H groups in total. The molecule has 7 nitrogen and oxygen atoms in total. The van der Waals surface area contributed by atoms with E-state index in [1.54, 1.807) is 23.1 Å². The van der Waals surface area contributed by atoms with Crippen LogP contribution in [0.15, 0.2) is 47.4 Å². The van der Waals surface area contributed by atoms with Crippen LogP contribution in [0.5, 0.6) is 5.75 Å². The minimum absolute atomic E-state index is 0.0312. The first-order chi connectivity index (χ1) is 12.8. The highest BCUT2D eigenvalue weighted by molar-refractivity contribution is 7.92. The van der Waals surface area contributed by atoms with Gasteiger partial charge in [0.05, 0.1) is 7.11 Å². The molecular formula is C19H20N2O5S. The Morgan fingerprint density at radius 3 is 2.41 bits per heavy atom. The molecule has 8 heteroatoms. The lowest BCUT2D eigenvalue weighted by molar-refractivity contribution is -0.117. The van der Waals surface area contributed by atoms with E-state index >= 15 is 0 Å². The summed E-state index contributed by atoms with van der Waals surface area (Å²) in [6.07, 6.45) is 1.20. The highest BCUT2D eigenvalue weighted by Gasteiger charge is 2.26. The molecule has 1 fully saturated rings. The van der Waals surface area contributed by atoms with Crippen molar-refractivity contribution in [2.24, 2.45) is 0 Å². The standard InChI is InChI=1S/C19H20N2O5S/c1-13(22)14-5-7-15(8-6-14)20-27(24,25)18-12-16(9-10-17(18)26-2)21-11-3-4-19(21)23/h5-10,12,20H,3-4,11H2,1-2H3. The number of carbonyl (C=O) groups excluding carboxylic acids is 2. The lowest BCUT2D eigenvalue weighted by Gasteiger charge is -2.18. The number of benzene rings is 2. The van der Waals surface area contributed by atoms with E-state index in [0.29, 0.717) is 29.9 Å². The summed E-state index contributed by atoms with van der Waals surface area (Å²) >= 11 is 0. The molecule has 0 radical (unpaired) electrons. The molecule has 2 aromatic carbocycles. The van der Waals surface area contributed by atoms with E-state index in [-0.39, 0.29) is 22.3 Å². The third-order valence-corrected chi connectivity index (χ3v) is 5.77. The predicted molar refractivity (Wildman–Crippen MR) is 102 cm³/mol. The number of amides is 1. The average molecular weight is 388 g/mol. The van der Waals surface area contributed by atoms with Crippen molar-refractivity contribution in [3.63, 3.8) is 0 Å². The Hall–Kier alpha value is -2.87. The number of Topliss-reactive ketones (excluding diaryl/α,β-unsaturated/α-hetero) is 1. The van der Waals surface area contributed by atoms with Gasteiger partial charge in [-0.15, -0.1) is 0 Å². The molecule has 2 aromatic rings. The van der Waals surface area contributed by atoms with Crippen molar-refractivity contribution in [1.82, 2.24) is 0 Å². The van der Waals surface area contributed by atoms with E-state index < -0.39 is 10.0 Å². The van der Waals surface area contributed by atoms with Gasteiger partial charge in [0.25, 0.3) is 10.0 Å². The first kappa shape index (κ1) is 18.9. The fourth-order valence-corrected chi connectivity index (χ4v) is 4.20. The molecule has 1 amide bonds. The number of anilines is 2. The Bertz CT molecular complexity index is 984. The molecule has 0 unspecified atom stereocenters. The van der Waals surface area contributed by atoms with Gasteiger partial charge >= 0.3 is 0 Å². The van der Waals surface area contributed by atoms with Crippen LogP contribution in [0.2, 0.25) is 0 Å². The first-order valence-corrected chi connectivity index (χ1v) is 9.92. The van der Waals surface area contributed by atoms with E-state index in [2.05, 4.69) is 4.72 Å². The van der Waals surface area contributed by atoms with E-state index in [9.17, 15) is 18.0 Å². The van der Waals surface area contributed by atoms with Crippen LogP contribution in [0.4, 0.5) is 11.4 Å². The van der Waals surface area contributed by atoms with Crippen molar-refractivity contribution in [2.75, 3.05) is 23.3 Å². The summed E-state index contributed by atoms with van der Waals surface area (Å²) in [5.74, 6) is 0.0450. The van der Waals surface area contributed by atoms with Crippen molar-refractivity contribution in [3.8, 4) is 5.75 Å². The molecule has 0 saturated carbocycles. The Morgan fingerprint density at radius 1 is 1.15 bits per heavy atom. The predicted octanol–water partition coefficient (Wildman–Crippen LogP) is 2.83. The van der Waals surface area contributed by atoms with Crippen LogP contribution < -0.4 is 14.4 Å². The van der Waals surface area contributed by atoms with Crippen molar-refractivity contribution < 1.29 is 22.7 Å². The monoisotopic (exact) mass is 388 g/mol. The maximum Gasteiger partial charge on any atom is 0.265 e. The van der Waals surface area contributed by atoms with Gasteiger partial charge < -0.3 is 9.64 Å². The summed E-state index contributed by atoms with van der Waals surface area (Å²) in [5.41, 5.74) is 1.33. The summed E-state index contributed by atoms with van der Waals surface area (Å²) in [4.78, 5) is 24.8. The van der Waals surface area contributed by atoms with Gasteiger partial charge in [-0.25, -0.2) is 8.42 Å². The first-order valence-electron chi connectivity index (χ1n) is 8.44. The highest BCUT2D eigenvalue weighted by Crippen LogP contribution is 2.32. The SMILES string of the molecule is COc1ccc(N2CCCC2=O)cc1S(=O)(=O)Nc1ccc(C(C)=O)cc1. The van der Waals surface area contributed by atoms with Crippen molar-refractivity contribution >= 4 is 33.1 Å². The number of ether oxygens (including phenoxy) is 1. The van der Waals surface area contributed by atoms with Gasteiger partial charge in [0.1, 0.15) is 10.6 Å². The minimum Gasteiger partial charge on any atom is -0.495 e. The zero-order valence-electron chi connectivity index (χ0n) is 15.1. The lowest BCUT2D eigenvalue weighted by Crippen LogP contribution is -2.24. The number of hydrogen-bond donors (Lipinski definition) is 1. The van der Waals surface area contributed by atoms with Crippen molar-refractivity contribution in [2.45, 2.75) is 24.7 Å². The fourth-order valence-electron chi connectivity index (χ4n) is 2.95. The van der Waals surface area contributed by atoms with Crippen molar-refractivity contribution in [1.29, 1.82) is 0 Å². The van der Waals surface area contributed by atoms with E-state index in [1.165, 1.54) is 38.3 Å². The van der Waals surface area contributed by atoms with Gasteiger partial charge in [0, 0.05) is 29.9 Å². The van der Waals surface area contributed by atoms with E-state index in [0.717, 1.165) is 6.42 Å². The van der Waals surface area contributed by atoms with Crippen molar-refractivity contribution in [3.05, 3.63) is 48.0 Å². The highest BCUT2D eigenvalue weighted by atomic mass is 32.2. The van der Waals surface area contributed by atoms with Gasteiger partial charge in [-0.1, -0.05) is 0 Å². The number of nitrogens with zero attached hydrogens (tertiary/aromatic N) is 1. The number of ketones is 1. The molecule has 0 atom stereocenters. The van der Waals surface area contributed by atoms with Crippen LogP contribution in [0, 0.1) is 0 Å². The van der Waals surface area contributed by atoms with Gasteiger partial charge in [0.15, 0.2) is 5.78 Å². The number of sulfonamides is 1. The van der Waals surface area contributed by atoms with Gasteiger partial charge in [-0.05, 0) is 55.8 Å². The number of nitrogens with one attached hydrogen (secondary N) is 1. The molecule has 1 heterocycles. The summed E-state index contributed by atoms with van der Waals surface area (Å²) in [7, 11) is -2.57. The Labute approximate surface area is 158 Å². The second-order valence-corrected chi connectivity index (χ2v) is 7.87. The van der Waals surface area contributed by atoms with Gasteiger partial charge in [-0.2, -0.15) is 0 Å². The maximum atomic E-state index is 12.9. The van der Waals surface area contributed by atoms with Crippen LogP contribution in [-0.2, 0) is 14.8 Å². The molecule has 1 aliphatic rings. The van der Waals surface area contributed by atoms with Crippen LogP contribution in [0.25, 0.3) is 0 Å². The maximum absolute atomic E-state index is 12.9.